The first-order chi connectivity index (χ1) is 15.7. The molecule has 0 radical (unpaired) electrons. The number of hydrogen-bond donors (Lipinski definition) is 6. The average Bonchev–Trinajstić information content (AvgIpc) is 2.79. The van der Waals surface area contributed by atoms with E-state index in [1.807, 2.05) is 0 Å². The first-order valence-electron chi connectivity index (χ1n) is 9.54. The SMILES string of the molecule is Nc1nc2ncc(CNc3ccc(C(=O)NC(CCC(=O)O)C(=O)O)cc3)nc2c(=O)n1N. The predicted octanol–water partition coefficient (Wildman–Crippen LogP) is -0.858. The number of hydrogen-bond acceptors (Lipinski definition) is 10. The van der Waals surface area contributed by atoms with Gasteiger partial charge in [0.05, 0.1) is 18.4 Å². The van der Waals surface area contributed by atoms with Crippen LogP contribution in [0.1, 0.15) is 28.9 Å². The zero-order valence-electron chi connectivity index (χ0n) is 17.1. The molecular weight excluding hydrogens is 436 g/mol. The first kappa shape index (κ1) is 22.9. The largest absolute Gasteiger partial charge is 0.481 e. The summed E-state index contributed by atoms with van der Waals surface area (Å²) in [5, 5.41) is 23.2. The van der Waals surface area contributed by atoms with E-state index in [2.05, 4.69) is 25.6 Å². The van der Waals surface area contributed by atoms with Crippen LogP contribution in [0.3, 0.4) is 0 Å². The Morgan fingerprint density at radius 3 is 2.45 bits per heavy atom. The zero-order chi connectivity index (χ0) is 24.1. The molecule has 0 spiro atoms. The Labute approximate surface area is 185 Å². The number of nitrogens with zero attached hydrogens (tertiary/aromatic N) is 4. The Morgan fingerprint density at radius 2 is 1.82 bits per heavy atom. The van der Waals surface area contributed by atoms with Gasteiger partial charge in [-0.3, -0.25) is 14.4 Å². The third-order valence-electron chi connectivity index (χ3n) is 4.56. The highest BCUT2D eigenvalue weighted by molar-refractivity contribution is 5.96. The number of anilines is 2. The Bertz CT molecular complexity index is 1270. The molecule has 0 aliphatic heterocycles. The lowest BCUT2D eigenvalue weighted by molar-refractivity contribution is -0.140. The number of aliphatic carboxylic acids is 2. The summed E-state index contributed by atoms with van der Waals surface area (Å²) in [5.41, 5.74) is 6.16. The van der Waals surface area contributed by atoms with Crippen LogP contribution in [0.2, 0.25) is 0 Å². The number of carboxylic acid groups (broad SMARTS) is 2. The van der Waals surface area contributed by atoms with Gasteiger partial charge < -0.3 is 32.4 Å². The number of benzene rings is 1. The third kappa shape index (κ3) is 5.49. The van der Waals surface area contributed by atoms with Crippen molar-refractivity contribution >= 4 is 40.6 Å². The summed E-state index contributed by atoms with van der Waals surface area (Å²) in [6.45, 7) is 0.194. The molecule has 3 aromatic rings. The zero-order valence-corrected chi connectivity index (χ0v) is 17.1. The van der Waals surface area contributed by atoms with Gasteiger partial charge in [-0.1, -0.05) is 0 Å². The molecule has 1 aromatic carbocycles. The van der Waals surface area contributed by atoms with E-state index in [0.717, 1.165) is 0 Å². The summed E-state index contributed by atoms with van der Waals surface area (Å²) in [7, 11) is 0. The topological polar surface area (TPSA) is 228 Å². The van der Waals surface area contributed by atoms with Crippen molar-refractivity contribution in [2.75, 3.05) is 16.9 Å². The van der Waals surface area contributed by atoms with Gasteiger partial charge in [0.15, 0.2) is 11.2 Å². The Hall–Kier alpha value is -4.75. The minimum absolute atomic E-state index is 0.0334. The fourth-order valence-electron chi connectivity index (χ4n) is 2.81. The van der Waals surface area contributed by atoms with Crippen molar-refractivity contribution in [2.45, 2.75) is 25.4 Å². The van der Waals surface area contributed by atoms with Crippen molar-refractivity contribution in [3.8, 4) is 0 Å². The van der Waals surface area contributed by atoms with Gasteiger partial charge in [-0.25, -0.2) is 14.8 Å². The Morgan fingerprint density at radius 1 is 1.12 bits per heavy atom. The molecule has 2 aromatic heterocycles. The number of nitrogen functional groups attached to an aromatic ring is 2. The van der Waals surface area contributed by atoms with E-state index in [-0.39, 0.29) is 42.1 Å². The molecule has 0 bridgehead atoms. The standard InChI is InChI=1S/C19H20N8O6/c20-19-26-15-14(17(31)27(19)21)24-11(8-23-15)7-22-10-3-1-9(2-4-10)16(30)25-12(18(32)33)5-6-13(28)29/h1-4,8,12,22H,5-7,21H2,(H,25,30)(H,28,29)(H,32,33)(H2,20,23,26). The summed E-state index contributed by atoms with van der Waals surface area (Å²) in [5.74, 6) is 2.21. The van der Waals surface area contributed by atoms with Crippen molar-refractivity contribution in [1.82, 2.24) is 24.9 Å². The summed E-state index contributed by atoms with van der Waals surface area (Å²) in [4.78, 5) is 58.5. The highest BCUT2D eigenvalue weighted by atomic mass is 16.4. The predicted molar refractivity (Wildman–Crippen MR) is 116 cm³/mol. The maximum absolute atomic E-state index is 12.3. The van der Waals surface area contributed by atoms with Gasteiger partial charge in [-0.05, 0) is 30.7 Å². The highest BCUT2D eigenvalue weighted by Crippen LogP contribution is 2.12. The molecule has 1 atom stereocenters. The Kier molecular flexibility index (Phi) is 6.66. The molecule has 1 amide bonds. The lowest BCUT2D eigenvalue weighted by atomic mass is 10.1. The summed E-state index contributed by atoms with van der Waals surface area (Å²) in [6, 6.07) is 4.80. The quantitative estimate of drug-likeness (QED) is 0.216. The molecule has 14 heteroatoms. The summed E-state index contributed by atoms with van der Waals surface area (Å²) < 4.78 is 0.675. The number of carbonyl (C=O) groups excluding carboxylic acids is 1. The summed E-state index contributed by atoms with van der Waals surface area (Å²) >= 11 is 0. The molecule has 8 N–H and O–H groups in total. The lowest BCUT2D eigenvalue weighted by Gasteiger charge is -2.14. The van der Waals surface area contributed by atoms with E-state index >= 15 is 0 Å². The van der Waals surface area contributed by atoms with Crippen molar-refractivity contribution < 1.29 is 24.6 Å². The minimum Gasteiger partial charge on any atom is -0.481 e. The Balaban J connectivity index is 1.64. The fourth-order valence-corrected chi connectivity index (χ4v) is 2.81. The van der Waals surface area contributed by atoms with Crippen LogP contribution in [0.5, 0.6) is 0 Å². The normalized spacial score (nSPS) is 11.6. The van der Waals surface area contributed by atoms with E-state index < -0.39 is 29.4 Å². The number of amides is 1. The maximum atomic E-state index is 12.3. The van der Waals surface area contributed by atoms with Gasteiger partial charge in [-0.2, -0.15) is 9.66 Å². The maximum Gasteiger partial charge on any atom is 0.326 e. The van der Waals surface area contributed by atoms with Crippen molar-refractivity contribution in [1.29, 1.82) is 0 Å². The molecular formula is C19H20N8O6. The van der Waals surface area contributed by atoms with Gasteiger partial charge >= 0.3 is 17.5 Å². The number of carboxylic acids is 2. The van der Waals surface area contributed by atoms with Crippen molar-refractivity contribution in [3.05, 3.63) is 52.1 Å². The first-order valence-corrected chi connectivity index (χ1v) is 9.54. The van der Waals surface area contributed by atoms with Gasteiger partial charge in [-0.15, -0.1) is 0 Å². The van der Waals surface area contributed by atoms with Crippen LogP contribution >= 0.6 is 0 Å². The van der Waals surface area contributed by atoms with Crippen LogP contribution in [-0.4, -0.2) is 53.7 Å². The van der Waals surface area contributed by atoms with Crippen LogP contribution in [0.25, 0.3) is 11.2 Å². The molecule has 2 heterocycles. The molecule has 33 heavy (non-hydrogen) atoms. The van der Waals surface area contributed by atoms with Gasteiger partial charge in [0.1, 0.15) is 6.04 Å². The second kappa shape index (κ2) is 9.59. The number of aromatic nitrogens is 4. The molecule has 14 nitrogen and oxygen atoms in total. The smallest absolute Gasteiger partial charge is 0.326 e. The molecule has 1 unspecified atom stereocenters. The van der Waals surface area contributed by atoms with E-state index in [9.17, 15) is 19.2 Å². The van der Waals surface area contributed by atoms with E-state index in [1.165, 1.54) is 18.3 Å². The van der Waals surface area contributed by atoms with E-state index in [1.54, 1.807) is 12.1 Å². The van der Waals surface area contributed by atoms with Gasteiger partial charge in [0.2, 0.25) is 5.95 Å². The van der Waals surface area contributed by atoms with Crippen LogP contribution in [-0.2, 0) is 16.1 Å². The molecule has 0 fully saturated rings. The van der Waals surface area contributed by atoms with Crippen molar-refractivity contribution in [3.63, 3.8) is 0 Å². The van der Waals surface area contributed by atoms with Crippen molar-refractivity contribution in [2.24, 2.45) is 0 Å². The fraction of sp³-hybridized carbons (Fsp3) is 0.211. The van der Waals surface area contributed by atoms with Gasteiger partial charge in [0.25, 0.3) is 5.91 Å². The van der Waals surface area contributed by atoms with Crippen LogP contribution in [0.4, 0.5) is 11.6 Å². The lowest BCUT2D eigenvalue weighted by Crippen LogP contribution is -2.41. The molecule has 3 rings (SSSR count). The monoisotopic (exact) mass is 456 g/mol. The van der Waals surface area contributed by atoms with Crippen LogP contribution in [0, 0.1) is 0 Å². The molecule has 0 saturated heterocycles. The van der Waals surface area contributed by atoms with E-state index in [4.69, 9.17) is 21.8 Å². The van der Waals surface area contributed by atoms with Gasteiger partial charge in [0, 0.05) is 17.7 Å². The second-order valence-corrected chi connectivity index (χ2v) is 6.91. The van der Waals surface area contributed by atoms with Crippen LogP contribution in [0.15, 0.2) is 35.3 Å². The molecule has 0 saturated carbocycles. The number of nitrogens with two attached hydrogens (primary N) is 2. The van der Waals surface area contributed by atoms with Crippen LogP contribution < -0.4 is 27.8 Å². The number of nitrogens with one attached hydrogen (secondary N) is 2. The highest BCUT2D eigenvalue weighted by Gasteiger charge is 2.21. The molecule has 172 valence electrons. The number of fused-ring (bicyclic) bond motifs is 1. The third-order valence-corrected chi connectivity index (χ3v) is 4.56. The van der Waals surface area contributed by atoms with E-state index in [0.29, 0.717) is 16.1 Å². The second-order valence-electron chi connectivity index (χ2n) is 6.91. The number of carbonyl (C=O) groups is 3. The minimum atomic E-state index is -1.32. The number of rotatable bonds is 9. The molecule has 0 aliphatic rings. The summed E-state index contributed by atoms with van der Waals surface area (Å²) in [6.07, 6.45) is 0.799. The molecule has 0 aliphatic carbocycles. The average molecular weight is 456 g/mol.